The molecule has 0 aliphatic carbocycles. The average Bonchev–Trinajstić information content (AvgIpc) is 2.61. The van der Waals surface area contributed by atoms with Crippen molar-refractivity contribution < 1.29 is 14.3 Å². The fraction of sp³-hybridized carbons (Fsp3) is 0.733. The maximum Gasteiger partial charge on any atom is 0.414 e. The number of rotatable bonds is 5. The van der Waals surface area contributed by atoms with Gasteiger partial charge in [-0.1, -0.05) is 13.5 Å². The minimum atomic E-state index is -0.508. The Morgan fingerprint density at radius 2 is 2.20 bits per heavy atom. The summed E-state index contributed by atoms with van der Waals surface area (Å²) < 4.78 is 5.30. The molecule has 0 saturated carbocycles. The highest BCUT2D eigenvalue weighted by molar-refractivity contribution is 5.78. The van der Waals surface area contributed by atoms with Gasteiger partial charge in [0.25, 0.3) is 0 Å². The first-order valence-corrected chi connectivity index (χ1v) is 7.14. The number of nitrogens with one attached hydrogen (secondary N) is 1. The zero-order valence-corrected chi connectivity index (χ0v) is 12.9. The lowest BCUT2D eigenvalue weighted by molar-refractivity contribution is -0.119. The fourth-order valence-corrected chi connectivity index (χ4v) is 2.26. The van der Waals surface area contributed by atoms with Crippen LogP contribution in [0.5, 0.6) is 0 Å². The van der Waals surface area contributed by atoms with Crippen LogP contribution in [0, 0.1) is 5.92 Å². The van der Waals surface area contributed by atoms with E-state index in [1.165, 1.54) is 11.1 Å². The molecular formula is C15H26N2O3. The first kappa shape index (κ1) is 16.5. The third kappa shape index (κ3) is 5.23. The molecule has 114 valence electrons. The summed E-state index contributed by atoms with van der Waals surface area (Å²) in [5.41, 5.74) is -0.508. The molecular weight excluding hydrogens is 256 g/mol. The van der Waals surface area contributed by atoms with E-state index in [0.29, 0.717) is 18.9 Å². The van der Waals surface area contributed by atoms with E-state index in [9.17, 15) is 9.59 Å². The molecule has 2 amide bonds. The van der Waals surface area contributed by atoms with Gasteiger partial charge in [0.1, 0.15) is 5.60 Å². The summed E-state index contributed by atoms with van der Waals surface area (Å²) >= 11 is 0. The first-order valence-electron chi connectivity index (χ1n) is 7.14. The maximum atomic E-state index is 11.9. The number of hydrogen-bond donors (Lipinski definition) is 1. The number of ether oxygens (including phenoxy) is 1. The number of carbonyl (C=O) groups excluding carboxylic acids is 2. The molecule has 0 spiro atoms. The Hall–Kier alpha value is -1.52. The standard InChI is InChI=1S/C15H26N2O3/c1-6-17(14(19)20-15(3,4)5)9-7-8-12-11(2)10-13(18)16-12/h6,11-12H,1,7-10H2,2-5H3,(H,16,18). The van der Waals surface area contributed by atoms with Gasteiger partial charge in [0.15, 0.2) is 0 Å². The smallest absolute Gasteiger partial charge is 0.414 e. The Morgan fingerprint density at radius 1 is 1.55 bits per heavy atom. The van der Waals surface area contributed by atoms with E-state index in [1.807, 2.05) is 20.8 Å². The summed E-state index contributed by atoms with van der Waals surface area (Å²) in [5, 5.41) is 2.96. The van der Waals surface area contributed by atoms with Gasteiger partial charge in [0.05, 0.1) is 0 Å². The van der Waals surface area contributed by atoms with Gasteiger partial charge in [-0.05, 0) is 39.5 Å². The van der Waals surface area contributed by atoms with Gasteiger partial charge in [0, 0.05) is 25.2 Å². The lowest BCUT2D eigenvalue weighted by atomic mass is 9.99. The Morgan fingerprint density at radius 3 is 2.65 bits per heavy atom. The molecule has 20 heavy (non-hydrogen) atoms. The second-order valence-electron chi connectivity index (χ2n) is 6.35. The third-order valence-electron chi connectivity index (χ3n) is 3.30. The van der Waals surface area contributed by atoms with Crippen molar-refractivity contribution in [3.8, 4) is 0 Å². The highest BCUT2D eigenvalue weighted by Gasteiger charge is 2.28. The largest absolute Gasteiger partial charge is 0.443 e. The molecule has 0 aromatic rings. The van der Waals surface area contributed by atoms with Crippen molar-refractivity contribution in [1.29, 1.82) is 0 Å². The normalized spacial score (nSPS) is 22.3. The summed E-state index contributed by atoms with van der Waals surface area (Å²) in [7, 11) is 0. The number of carbonyl (C=O) groups is 2. The average molecular weight is 282 g/mol. The van der Waals surface area contributed by atoms with Gasteiger partial charge in [0.2, 0.25) is 5.91 Å². The summed E-state index contributed by atoms with van der Waals surface area (Å²) in [6.45, 7) is 11.8. The molecule has 1 fully saturated rings. The van der Waals surface area contributed by atoms with Crippen molar-refractivity contribution in [2.75, 3.05) is 6.54 Å². The second kappa shape index (κ2) is 6.77. The van der Waals surface area contributed by atoms with Gasteiger partial charge < -0.3 is 10.1 Å². The van der Waals surface area contributed by atoms with Crippen LogP contribution in [-0.2, 0) is 9.53 Å². The molecule has 2 unspecified atom stereocenters. The Balaban J connectivity index is 2.36. The van der Waals surface area contributed by atoms with Crippen LogP contribution in [0.3, 0.4) is 0 Å². The molecule has 5 heteroatoms. The zero-order valence-electron chi connectivity index (χ0n) is 12.9. The number of nitrogens with zero attached hydrogens (tertiary/aromatic N) is 1. The molecule has 1 aliphatic heterocycles. The highest BCUT2D eigenvalue weighted by atomic mass is 16.6. The predicted molar refractivity (Wildman–Crippen MR) is 78.1 cm³/mol. The number of hydrogen-bond acceptors (Lipinski definition) is 3. The van der Waals surface area contributed by atoms with Crippen molar-refractivity contribution in [3.63, 3.8) is 0 Å². The molecule has 1 rings (SSSR count). The summed E-state index contributed by atoms with van der Waals surface area (Å²) in [5.74, 6) is 0.483. The van der Waals surface area contributed by atoms with Crippen LogP contribution < -0.4 is 5.32 Å². The van der Waals surface area contributed by atoms with E-state index in [2.05, 4.69) is 18.8 Å². The van der Waals surface area contributed by atoms with Crippen molar-refractivity contribution in [3.05, 3.63) is 12.8 Å². The summed E-state index contributed by atoms with van der Waals surface area (Å²) in [4.78, 5) is 24.6. The van der Waals surface area contributed by atoms with Crippen molar-refractivity contribution in [2.45, 2.75) is 58.6 Å². The monoisotopic (exact) mass is 282 g/mol. The van der Waals surface area contributed by atoms with E-state index in [4.69, 9.17) is 4.74 Å². The van der Waals surface area contributed by atoms with Crippen molar-refractivity contribution in [1.82, 2.24) is 10.2 Å². The molecule has 1 heterocycles. The van der Waals surface area contributed by atoms with E-state index in [1.54, 1.807) is 0 Å². The zero-order chi connectivity index (χ0) is 15.3. The van der Waals surface area contributed by atoms with E-state index in [0.717, 1.165) is 12.8 Å². The van der Waals surface area contributed by atoms with Crippen LogP contribution >= 0.6 is 0 Å². The van der Waals surface area contributed by atoms with Crippen LogP contribution in [0.1, 0.15) is 47.0 Å². The first-order chi connectivity index (χ1) is 9.23. The van der Waals surface area contributed by atoms with Gasteiger partial charge >= 0.3 is 6.09 Å². The SMILES string of the molecule is C=CN(CCCC1NC(=O)CC1C)C(=O)OC(C)(C)C. The maximum absolute atomic E-state index is 11.9. The molecule has 0 radical (unpaired) electrons. The lowest BCUT2D eigenvalue weighted by Gasteiger charge is -2.25. The predicted octanol–water partition coefficient (Wildman–Crippen LogP) is 2.67. The minimum Gasteiger partial charge on any atom is -0.443 e. The quantitative estimate of drug-likeness (QED) is 0.843. The molecule has 0 aromatic heterocycles. The Labute approximate surface area is 121 Å². The molecule has 2 atom stereocenters. The Kier molecular flexibility index (Phi) is 5.60. The van der Waals surface area contributed by atoms with E-state index in [-0.39, 0.29) is 18.0 Å². The summed E-state index contributed by atoms with van der Waals surface area (Å²) in [6.07, 6.45) is 3.38. The lowest BCUT2D eigenvalue weighted by Crippen LogP contribution is -2.35. The highest BCUT2D eigenvalue weighted by Crippen LogP contribution is 2.20. The van der Waals surface area contributed by atoms with Crippen LogP contribution in [0.25, 0.3) is 0 Å². The van der Waals surface area contributed by atoms with Gasteiger partial charge in [-0.2, -0.15) is 0 Å². The van der Waals surface area contributed by atoms with Crippen LogP contribution in [0.2, 0.25) is 0 Å². The van der Waals surface area contributed by atoms with Crippen LogP contribution in [-0.4, -0.2) is 35.1 Å². The minimum absolute atomic E-state index is 0.121. The second-order valence-corrected chi connectivity index (χ2v) is 6.35. The molecule has 1 aliphatic rings. The van der Waals surface area contributed by atoms with Crippen LogP contribution in [0.15, 0.2) is 12.8 Å². The Bertz CT molecular complexity index is 374. The molecule has 0 aromatic carbocycles. The third-order valence-corrected chi connectivity index (χ3v) is 3.30. The van der Waals surface area contributed by atoms with Crippen LogP contribution in [0.4, 0.5) is 4.79 Å². The van der Waals surface area contributed by atoms with Gasteiger partial charge in [-0.15, -0.1) is 0 Å². The van der Waals surface area contributed by atoms with Crippen molar-refractivity contribution in [2.24, 2.45) is 5.92 Å². The fourth-order valence-electron chi connectivity index (χ4n) is 2.26. The molecule has 1 N–H and O–H groups in total. The molecule has 0 bridgehead atoms. The van der Waals surface area contributed by atoms with Crippen molar-refractivity contribution >= 4 is 12.0 Å². The topological polar surface area (TPSA) is 58.6 Å². The van der Waals surface area contributed by atoms with Gasteiger partial charge in [-0.25, -0.2) is 4.79 Å². The number of amides is 2. The van der Waals surface area contributed by atoms with E-state index >= 15 is 0 Å². The van der Waals surface area contributed by atoms with E-state index < -0.39 is 5.60 Å². The van der Waals surface area contributed by atoms with Gasteiger partial charge in [-0.3, -0.25) is 9.69 Å². The molecule has 5 nitrogen and oxygen atoms in total. The molecule has 1 saturated heterocycles. The summed E-state index contributed by atoms with van der Waals surface area (Å²) in [6, 6.07) is 0.216.